The predicted octanol–water partition coefficient (Wildman–Crippen LogP) is 2.94. The number of ether oxygens (including phenoxy) is 1. The first-order valence-corrected chi connectivity index (χ1v) is 8.82. The number of rotatable bonds is 8. The Morgan fingerprint density at radius 1 is 1.04 bits per heavy atom. The lowest BCUT2D eigenvalue weighted by Crippen LogP contribution is -2.36. The van der Waals surface area contributed by atoms with E-state index in [0.29, 0.717) is 5.69 Å². The average molecular weight is 368 g/mol. The van der Waals surface area contributed by atoms with Gasteiger partial charge in [-0.1, -0.05) is 36.4 Å². The zero-order chi connectivity index (χ0) is 19.6. The Balaban J connectivity index is 1.75. The number of carbonyl (C=O) groups excluding carboxylic acids is 3. The molecular formula is C21H24N2O4. The lowest BCUT2D eigenvalue weighted by Gasteiger charge is -2.14. The summed E-state index contributed by atoms with van der Waals surface area (Å²) < 4.78 is 5.05. The van der Waals surface area contributed by atoms with Crippen molar-refractivity contribution in [2.45, 2.75) is 32.7 Å². The van der Waals surface area contributed by atoms with Crippen molar-refractivity contribution in [3.05, 3.63) is 65.7 Å². The molecule has 1 atom stereocenters. The molecule has 6 heteroatoms. The van der Waals surface area contributed by atoms with E-state index in [-0.39, 0.29) is 30.0 Å². The van der Waals surface area contributed by atoms with Gasteiger partial charge in [-0.15, -0.1) is 0 Å². The smallest absolute Gasteiger partial charge is 0.338 e. The first kappa shape index (κ1) is 20.2. The van der Waals surface area contributed by atoms with Crippen LogP contribution >= 0.6 is 0 Å². The first-order chi connectivity index (χ1) is 12.9. The molecule has 2 amide bonds. The van der Waals surface area contributed by atoms with E-state index in [1.165, 1.54) is 18.6 Å². The van der Waals surface area contributed by atoms with E-state index in [9.17, 15) is 14.4 Å². The Bertz CT molecular complexity index is 790. The zero-order valence-electron chi connectivity index (χ0n) is 15.5. The number of esters is 1. The first-order valence-electron chi connectivity index (χ1n) is 8.82. The topological polar surface area (TPSA) is 84.5 Å². The highest BCUT2D eigenvalue weighted by atomic mass is 16.5. The second kappa shape index (κ2) is 10.1. The Morgan fingerprint density at radius 2 is 1.78 bits per heavy atom. The molecule has 0 heterocycles. The van der Waals surface area contributed by atoms with Gasteiger partial charge < -0.3 is 15.4 Å². The van der Waals surface area contributed by atoms with Crippen molar-refractivity contribution in [2.75, 3.05) is 11.9 Å². The van der Waals surface area contributed by atoms with Crippen LogP contribution in [0.25, 0.3) is 0 Å². The summed E-state index contributed by atoms with van der Waals surface area (Å²) in [7, 11) is 0. The lowest BCUT2D eigenvalue weighted by atomic mass is 10.1. The van der Waals surface area contributed by atoms with Gasteiger partial charge in [-0.05, 0) is 43.5 Å². The van der Waals surface area contributed by atoms with Crippen molar-refractivity contribution < 1.29 is 19.1 Å². The molecule has 0 bridgehead atoms. The fourth-order valence-corrected chi connectivity index (χ4v) is 2.56. The largest absolute Gasteiger partial charge is 0.452 e. The highest BCUT2D eigenvalue weighted by Crippen LogP contribution is 2.11. The van der Waals surface area contributed by atoms with Gasteiger partial charge in [0.25, 0.3) is 5.91 Å². The van der Waals surface area contributed by atoms with Crippen molar-refractivity contribution in [2.24, 2.45) is 0 Å². The summed E-state index contributed by atoms with van der Waals surface area (Å²) in [5.74, 6) is -1.19. The van der Waals surface area contributed by atoms with Gasteiger partial charge in [0.2, 0.25) is 5.91 Å². The summed E-state index contributed by atoms with van der Waals surface area (Å²) in [6, 6.07) is 16.4. The highest BCUT2D eigenvalue weighted by molar-refractivity contribution is 5.94. The monoisotopic (exact) mass is 368 g/mol. The number of carbonyl (C=O) groups is 3. The average Bonchev–Trinajstić information content (AvgIpc) is 2.65. The summed E-state index contributed by atoms with van der Waals surface area (Å²) in [6.45, 7) is 2.95. The van der Waals surface area contributed by atoms with Gasteiger partial charge in [0.1, 0.15) is 0 Å². The van der Waals surface area contributed by atoms with Gasteiger partial charge in [-0.3, -0.25) is 9.59 Å². The van der Waals surface area contributed by atoms with Gasteiger partial charge in [0.05, 0.1) is 5.56 Å². The second-order valence-electron chi connectivity index (χ2n) is 6.33. The molecule has 2 aromatic rings. The van der Waals surface area contributed by atoms with Crippen molar-refractivity contribution in [3.8, 4) is 0 Å². The normalized spacial score (nSPS) is 11.3. The number of nitrogens with one attached hydrogen (secondary N) is 2. The molecule has 0 aromatic heterocycles. The van der Waals surface area contributed by atoms with Gasteiger partial charge in [-0.25, -0.2) is 4.79 Å². The van der Waals surface area contributed by atoms with Crippen LogP contribution < -0.4 is 10.6 Å². The van der Waals surface area contributed by atoms with Gasteiger partial charge in [0.15, 0.2) is 6.61 Å². The minimum atomic E-state index is -0.616. The molecule has 2 aromatic carbocycles. The van der Waals surface area contributed by atoms with E-state index in [4.69, 9.17) is 4.74 Å². The molecule has 0 spiro atoms. The molecule has 2 N–H and O–H groups in total. The number of hydrogen-bond acceptors (Lipinski definition) is 4. The summed E-state index contributed by atoms with van der Waals surface area (Å²) >= 11 is 0. The summed E-state index contributed by atoms with van der Waals surface area (Å²) in [6.07, 6.45) is 1.65. The third kappa shape index (κ3) is 7.32. The molecule has 27 heavy (non-hydrogen) atoms. The fourth-order valence-electron chi connectivity index (χ4n) is 2.56. The van der Waals surface area contributed by atoms with E-state index >= 15 is 0 Å². The van der Waals surface area contributed by atoms with Crippen LogP contribution in [0.3, 0.4) is 0 Å². The van der Waals surface area contributed by atoms with Crippen molar-refractivity contribution in [1.29, 1.82) is 0 Å². The number of benzene rings is 2. The molecule has 0 aliphatic carbocycles. The lowest BCUT2D eigenvalue weighted by molar-refractivity contribution is -0.124. The molecule has 0 aliphatic rings. The summed E-state index contributed by atoms with van der Waals surface area (Å²) in [5, 5.41) is 5.41. The molecule has 142 valence electrons. The molecule has 0 fully saturated rings. The second-order valence-corrected chi connectivity index (χ2v) is 6.33. The highest BCUT2D eigenvalue weighted by Gasteiger charge is 2.13. The van der Waals surface area contributed by atoms with Gasteiger partial charge >= 0.3 is 5.97 Å². The van der Waals surface area contributed by atoms with Crippen molar-refractivity contribution in [3.63, 3.8) is 0 Å². The molecule has 0 radical (unpaired) electrons. The SMILES string of the molecule is CC(=O)Nc1cccc(C(=O)OCC(=O)NC(C)CCc2ccccc2)c1. The Hall–Kier alpha value is -3.15. The Labute approximate surface area is 158 Å². The van der Waals surface area contributed by atoms with Crippen LogP contribution in [0.4, 0.5) is 5.69 Å². The number of anilines is 1. The third-order valence-corrected chi connectivity index (χ3v) is 3.87. The molecule has 0 saturated carbocycles. The van der Waals surface area contributed by atoms with E-state index < -0.39 is 5.97 Å². The van der Waals surface area contributed by atoms with E-state index in [2.05, 4.69) is 10.6 Å². The van der Waals surface area contributed by atoms with Crippen molar-refractivity contribution >= 4 is 23.5 Å². The van der Waals surface area contributed by atoms with Crippen LogP contribution in [0.2, 0.25) is 0 Å². The molecule has 0 saturated heterocycles. The maximum absolute atomic E-state index is 12.1. The minimum absolute atomic E-state index is 0.0282. The van der Waals surface area contributed by atoms with Gasteiger partial charge in [-0.2, -0.15) is 0 Å². The molecule has 2 rings (SSSR count). The van der Waals surface area contributed by atoms with Crippen LogP contribution in [-0.4, -0.2) is 30.4 Å². The summed E-state index contributed by atoms with van der Waals surface area (Å²) in [5.41, 5.74) is 1.98. The van der Waals surface area contributed by atoms with Crippen LogP contribution in [0.15, 0.2) is 54.6 Å². The number of hydrogen-bond donors (Lipinski definition) is 2. The van der Waals surface area contributed by atoms with E-state index in [1.54, 1.807) is 18.2 Å². The maximum atomic E-state index is 12.1. The molecule has 1 unspecified atom stereocenters. The van der Waals surface area contributed by atoms with E-state index in [1.807, 2.05) is 37.3 Å². The minimum Gasteiger partial charge on any atom is -0.452 e. The van der Waals surface area contributed by atoms with Gasteiger partial charge in [0, 0.05) is 18.7 Å². The maximum Gasteiger partial charge on any atom is 0.338 e. The third-order valence-electron chi connectivity index (χ3n) is 3.87. The van der Waals surface area contributed by atoms with Crippen molar-refractivity contribution in [1.82, 2.24) is 5.32 Å². The zero-order valence-corrected chi connectivity index (χ0v) is 15.5. The van der Waals surface area contributed by atoms with Crippen LogP contribution in [0.5, 0.6) is 0 Å². The standard InChI is InChI=1S/C21H24N2O4/c1-15(11-12-17-7-4-3-5-8-17)22-20(25)14-27-21(26)18-9-6-10-19(13-18)23-16(2)24/h3-10,13,15H,11-12,14H2,1-2H3,(H,22,25)(H,23,24). The van der Waals surface area contributed by atoms with E-state index in [0.717, 1.165) is 12.8 Å². The Morgan fingerprint density at radius 3 is 2.48 bits per heavy atom. The fraction of sp³-hybridized carbons (Fsp3) is 0.286. The quantitative estimate of drug-likeness (QED) is 0.702. The molecular weight excluding hydrogens is 344 g/mol. The number of aryl methyl sites for hydroxylation is 1. The number of amides is 2. The van der Waals surface area contributed by atoms with Crippen LogP contribution in [-0.2, 0) is 20.7 Å². The molecule has 6 nitrogen and oxygen atoms in total. The molecule has 0 aliphatic heterocycles. The Kier molecular flexibility index (Phi) is 7.55. The van der Waals surface area contributed by atoms with Crippen LogP contribution in [0, 0.1) is 0 Å². The van der Waals surface area contributed by atoms with Crippen LogP contribution in [0.1, 0.15) is 36.2 Å². The predicted molar refractivity (Wildman–Crippen MR) is 103 cm³/mol. The summed E-state index contributed by atoms with van der Waals surface area (Å²) in [4.78, 5) is 35.1.